The summed E-state index contributed by atoms with van der Waals surface area (Å²) in [6.45, 7) is 4.47. The number of halogens is 3. The molecule has 2 heterocycles. The zero-order chi connectivity index (χ0) is 19.0. The van der Waals surface area contributed by atoms with Crippen LogP contribution in [0.1, 0.15) is 23.9 Å². The lowest BCUT2D eigenvalue weighted by atomic mass is 10.1. The Morgan fingerprint density at radius 2 is 1.74 bits per heavy atom. The molecule has 27 heavy (non-hydrogen) atoms. The molecule has 1 aliphatic heterocycles. The average Bonchev–Trinajstić information content (AvgIpc) is 3.03. The summed E-state index contributed by atoms with van der Waals surface area (Å²) in [6, 6.07) is 9.89. The molecule has 140 valence electrons. The van der Waals surface area contributed by atoms with Gasteiger partial charge in [0.2, 0.25) is 0 Å². The van der Waals surface area contributed by atoms with Gasteiger partial charge in [0, 0.05) is 43.7 Å². The summed E-state index contributed by atoms with van der Waals surface area (Å²) in [7, 11) is 0. The second-order valence-electron chi connectivity index (χ2n) is 6.78. The first kappa shape index (κ1) is 17.8. The Labute approximate surface area is 156 Å². The average molecular weight is 371 g/mol. The highest BCUT2D eigenvalue weighted by atomic mass is 19.1. The molecule has 0 saturated heterocycles. The number of hydrogen-bond acceptors (Lipinski definition) is 2. The molecular weight excluding hydrogens is 351 g/mol. The van der Waals surface area contributed by atoms with E-state index in [1.54, 1.807) is 12.1 Å². The fourth-order valence-electron chi connectivity index (χ4n) is 3.67. The van der Waals surface area contributed by atoms with Crippen LogP contribution in [-0.2, 0) is 26.1 Å². The minimum absolute atomic E-state index is 0.276. The van der Waals surface area contributed by atoms with Gasteiger partial charge >= 0.3 is 0 Å². The summed E-state index contributed by atoms with van der Waals surface area (Å²) in [6.07, 6.45) is 0.744. The van der Waals surface area contributed by atoms with Gasteiger partial charge in [0.15, 0.2) is 0 Å². The van der Waals surface area contributed by atoms with Crippen molar-refractivity contribution in [3.05, 3.63) is 76.9 Å². The van der Waals surface area contributed by atoms with Gasteiger partial charge in [0.25, 0.3) is 0 Å². The summed E-state index contributed by atoms with van der Waals surface area (Å²) < 4.78 is 42.8. The highest BCUT2D eigenvalue weighted by Gasteiger charge is 2.24. The smallest absolute Gasteiger partial charge is 0.140 e. The maximum atomic E-state index is 14.0. The van der Waals surface area contributed by atoms with Crippen molar-refractivity contribution in [2.24, 2.45) is 0 Å². The van der Waals surface area contributed by atoms with Crippen LogP contribution in [0.5, 0.6) is 0 Å². The molecule has 3 aromatic rings. The van der Waals surface area contributed by atoms with E-state index in [1.807, 2.05) is 6.92 Å². The van der Waals surface area contributed by atoms with Gasteiger partial charge in [-0.05, 0) is 49.4 Å². The van der Waals surface area contributed by atoms with Gasteiger partial charge in [-0.15, -0.1) is 0 Å². The number of nitrogens with zero attached hydrogens (tertiary/aromatic N) is 3. The minimum atomic E-state index is -0.429. The highest BCUT2D eigenvalue weighted by molar-refractivity contribution is 5.57. The number of fused-ring (bicyclic) bond motifs is 1. The monoisotopic (exact) mass is 371 g/mol. The maximum absolute atomic E-state index is 14.0. The molecular formula is C21H20F3N3. The third-order valence-corrected chi connectivity index (χ3v) is 5.01. The van der Waals surface area contributed by atoms with Crippen molar-refractivity contribution in [2.45, 2.75) is 33.0 Å². The summed E-state index contributed by atoms with van der Waals surface area (Å²) in [5.41, 5.74) is 3.34. The van der Waals surface area contributed by atoms with Crippen LogP contribution in [0.2, 0.25) is 0 Å². The number of imidazole rings is 1. The Balaban J connectivity index is 1.62. The Kier molecular flexibility index (Phi) is 4.74. The molecule has 4 rings (SSSR count). The molecule has 0 aliphatic carbocycles. The first-order valence-corrected chi connectivity index (χ1v) is 9.05. The predicted molar refractivity (Wildman–Crippen MR) is 97.5 cm³/mol. The molecule has 0 amide bonds. The van der Waals surface area contributed by atoms with Crippen LogP contribution in [0.25, 0.3) is 11.4 Å². The van der Waals surface area contributed by atoms with Gasteiger partial charge < -0.3 is 4.57 Å². The molecule has 0 saturated carbocycles. The fraction of sp³-hybridized carbons (Fsp3) is 0.286. The van der Waals surface area contributed by atoms with E-state index in [2.05, 4.69) is 9.47 Å². The third kappa shape index (κ3) is 3.49. The third-order valence-electron chi connectivity index (χ3n) is 5.01. The van der Waals surface area contributed by atoms with E-state index < -0.39 is 11.6 Å². The van der Waals surface area contributed by atoms with Gasteiger partial charge in [-0.1, -0.05) is 0 Å². The van der Waals surface area contributed by atoms with Gasteiger partial charge in [-0.3, -0.25) is 4.90 Å². The Hall–Kier alpha value is -2.60. The van der Waals surface area contributed by atoms with Crippen molar-refractivity contribution >= 4 is 0 Å². The van der Waals surface area contributed by atoms with Crippen LogP contribution in [0.3, 0.4) is 0 Å². The zero-order valence-electron chi connectivity index (χ0n) is 15.1. The molecule has 0 spiro atoms. The Bertz CT molecular complexity index is 964. The first-order valence-electron chi connectivity index (χ1n) is 9.05. The van der Waals surface area contributed by atoms with E-state index >= 15 is 0 Å². The lowest BCUT2D eigenvalue weighted by Gasteiger charge is -2.27. The summed E-state index contributed by atoms with van der Waals surface area (Å²) in [5, 5.41) is 0. The summed E-state index contributed by atoms with van der Waals surface area (Å²) in [4.78, 5) is 6.87. The van der Waals surface area contributed by atoms with Crippen molar-refractivity contribution < 1.29 is 13.2 Å². The fourth-order valence-corrected chi connectivity index (χ4v) is 3.67. The standard InChI is InChI=1S/C21H20F3N3/c1-2-27-20-13-26(12-15-11-17(23)7-8-18(15)24)10-9-19(20)25-21(27)14-3-5-16(22)6-4-14/h3-8,11H,2,9-10,12-13H2,1H3. The van der Waals surface area contributed by atoms with E-state index in [4.69, 9.17) is 4.98 Å². The molecule has 0 bridgehead atoms. The first-order chi connectivity index (χ1) is 13.0. The van der Waals surface area contributed by atoms with Gasteiger partial charge in [-0.2, -0.15) is 0 Å². The lowest BCUT2D eigenvalue weighted by molar-refractivity contribution is 0.234. The van der Waals surface area contributed by atoms with Crippen molar-refractivity contribution in [1.82, 2.24) is 14.5 Å². The molecule has 1 aromatic heterocycles. The molecule has 3 nitrogen and oxygen atoms in total. The lowest BCUT2D eigenvalue weighted by Crippen LogP contribution is -2.31. The van der Waals surface area contributed by atoms with Gasteiger partial charge in [0.05, 0.1) is 11.4 Å². The maximum Gasteiger partial charge on any atom is 0.140 e. The summed E-state index contributed by atoms with van der Waals surface area (Å²) in [5.74, 6) is -0.276. The molecule has 0 radical (unpaired) electrons. The Morgan fingerprint density at radius 3 is 2.48 bits per heavy atom. The minimum Gasteiger partial charge on any atom is -0.327 e. The van der Waals surface area contributed by atoms with Gasteiger partial charge in [0.1, 0.15) is 23.3 Å². The van der Waals surface area contributed by atoms with Crippen LogP contribution in [0.15, 0.2) is 42.5 Å². The van der Waals surface area contributed by atoms with Crippen LogP contribution in [0, 0.1) is 17.5 Å². The van der Waals surface area contributed by atoms with Crippen molar-refractivity contribution in [3.8, 4) is 11.4 Å². The van der Waals surface area contributed by atoms with Crippen LogP contribution < -0.4 is 0 Å². The number of rotatable bonds is 4. The topological polar surface area (TPSA) is 21.1 Å². The zero-order valence-corrected chi connectivity index (χ0v) is 15.1. The number of hydrogen-bond donors (Lipinski definition) is 0. The predicted octanol–water partition coefficient (Wildman–Crippen LogP) is 4.55. The molecule has 0 N–H and O–H groups in total. The number of aromatic nitrogens is 2. The molecule has 1 aliphatic rings. The molecule has 0 unspecified atom stereocenters. The summed E-state index contributed by atoms with van der Waals surface area (Å²) >= 11 is 0. The normalized spacial score (nSPS) is 14.4. The molecule has 2 aromatic carbocycles. The van der Waals surface area contributed by atoms with E-state index in [1.165, 1.54) is 24.3 Å². The quantitative estimate of drug-likeness (QED) is 0.671. The van der Waals surface area contributed by atoms with E-state index in [0.29, 0.717) is 18.7 Å². The second kappa shape index (κ2) is 7.19. The van der Waals surface area contributed by atoms with Crippen LogP contribution in [-0.4, -0.2) is 21.0 Å². The highest BCUT2D eigenvalue weighted by Crippen LogP contribution is 2.28. The second-order valence-corrected chi connectivity index (χ2v) is 6.78. The van der Waals surface area contributed by atoms with Crippen LogP contribution >= 0.6 is 0 Å². The Morgan fingerprint density at radius 1 is 1.00 bits per heavy atom. The molecule has 6 heteroatoms. The van der Waals surface area contributed by atoms with E-state index in [0.717, 1.165) is 48.4 Å². The largest absolute Gasteiger partial charge is 0.327 e. The number of benzene rings is 2. The van der Waals surface area contributed by atoms with Crippen molar-refractivity contribution in [3.63, 3.8) is 0 Å². The molecule has 0 atom stereocenters. The van der Waals surface area contributed by atoms with E-state index in [-0.39, 0.29) is 5.82 Å². The van der Waals surface area contributed by atoms with E-state index in [9.17, 15) is 13.2 Å². The SMILES string of the molecule is CCn1c(-c2ccc(F)cc2)nc2c1CN(Cc1cc(F)ccc1F)CC2. The van der Waals surface area contributed by atoms with Crippen molar-refractivity contribution in [2.75, 3.05) is 6.54 Å². The molecule has 0 fully saturated rings. The van der Waals surface area contributed by atoms with Crippen molar-refractivity contribution in [1.29, 1.82) is 0 Å². The van der Waals surface area contributed by atoms with Gasteiger partial charge in [-0.25, -0.2) is 18.2 Å². The van der Waals surface area contributed by atoms with Crippen LogP contribution in [0.4, 0.5) is 13.2 Å².